The summed E-state index contributed by atoms with van der Waals surface area (Å²) in [5.41, 5.74) is 3.43. The second kappa shape index (κ2) is 7.44. The molecule has 0 saturated heterocycles. The third-order valence-corrected chi connectivity index (χ3v) is 4.91. The molecule has 0 fully saturated rings. The number of benzene rings is 1. The van der Waals surface area contributed by atoms with Crippen LogP contribution in [-0.4, -0.2) is 22.2 Å². The predicted molar refractivity (Wildman–Crippen MR) is 100 cm³/mol. The van der Waals surface area contributed by atoms with Crippen molar-refractivity contribution in [3.05, 3.63) is 74.9 Å². The van der Waals surface area contributed by atoms with E-state index in [4.69, 9.17) is 0 Å². The van der Waals surface area contributed by atoms with Crippen molar-refractivity contribution in [3.63, 3.8) is 0 Å². The van der Waals surface area contributed by atoms with Crippen molar-refractivity contribution in [2.24, 2.45) is 0 Å². The first-order valence-electron chi connectivity index (χ1n) is 8.02. The highest BCUT2D eigenvalue weighted by Crippen LogP contribution is 2.20. The SMILES string of the molecule is Cc1ccc(C(=O)NCCn2nc(-c3cccs3)ccc2=O)cc1C. The van der Waals surface area contributed by atoms with Crippen molar-refractivity contribution < 1.29 is 4.79 Å². The number of thiophene rings is 1. The molecular weight excluding hydrogens is 334 g/mol. The van der Waals surface area contributed by atoms with E-state index in [1.807, 2.05) is 43.5 Å². The summed E-state index contributed by atoms with van der Waals surface area (Å²) < 4.78 is 1.38. The molecule has 0 saturated carbocycles. The molecule has 0 aliphatic heterocycles. The van der Waals surface area contributed by atoms with Crippen LogP contribution in [0, 0.1) is 13.8 Å². The molecule has 0 aliphatic rings. The minimum atomic E-state index is -0.180. The standard InChI is InChI=1S/C19H19N3O2S/c1-13-5-6-15(12-14(13)2)19(24)20-9-10-22-18(23)8-7-16(21-22)17-4-3-11-25-17/h3-8,11-12H,9-10H2,1-2H3,(H,20,24). The Morgan fingerprint density at radius 1 is 1.16 bits per heavy atom. The lowest BCUT2D eigenvalue weighted by molar-refractivity contribution is 0.0951. The highest BCUT2D eigenvalue weighted by molar-refractivity contribution is 7.13. The lowest BCUT2D eigenvalue weighted by Gasteiger charge is -2.09. The Balaban J connectivity index is 1.65. The summed E-state index contributed by atoms with van der Waals surface area (Å²) in [5.74, 6) is -0.148. The average Bonchev–Trinajstić information content (AvgIpc) is 3.13. The molecule has 0 unspecified atom stereocenters. The highest BCUT2D eigenvalue weighted by Gasteiger charge is 2.08. The molecule has 1 amide bonds. The van der Waals surface area contributed by atoms with E-state index in [0.717, 1.165) is 21.7 Å². The van der Waals surface area contributed by atoms with Gasteiger partial charge in [0.2, 0.25) is 0 Å². The minimum absolute atomic E-state index is 0.148. The Hall–Kier alpha value is -2.73. The van der Waals surface area contributed by atoms with Crippen LogP contribution < -0.4 is 10.9 Å². The van der Waals surface area contributed by atoms with E-state index in [1.54, 1.807) is 23.5 Å². The zero-order chi connectivity index (χ0) is 17.8. The van der Waals surface area contributed by atoms with Crippen LogP contribution in [0.2, 0.25) is 0 Å². The number of carbonyl (C=O) groups excluding carboxylic acids is 1. The average molecular weight is 353 g/mol. The van der Waals surface area contributed by atoms with Gasteiger partial charge in [0.1, 0.15) is 5.69 Å². The summed E-state index contributed by atoms with van der Waals surface area (Å²) in [5, 5.41) is 9.18. The van der Waals surface area contributed by atoms with Gasteiger partial charge in [0, 0.05) is 18.2 Å². The fraction of sp³-hybridized carbons (Fsp3) is 0.211. The predicted octanol–water partition coefficient (Wildman–Crippen LogP) is 3.02. The van der Waals surface area contributed by atoms with E-state index in [2.05, 4.69) is 10.4 Å². The summed E-state index contributed by atoms with van der Waals surface area (Å²) >= 11 is 1.57. The number of aromatic nitrogens is 2. The Bertz CT molecular complexity index is 946. The van der Waals surface area contributed by atoms with Gasteiger partial charge in [0.25, 0.3) is 11.5 Å². The Morgan fingerprint density at radius 3 is 2.72 bits per heavy atom. The number of rotatable bonds is 5. The lowest BCUT2D eigenvalue weighted by Crippen LogP contribution is -2.32. The molecule has 0 bridgehead atoms. The van der Waals surface area contributed by atoms with E-state index in [0.29, 0.717) is 18.7 Å². The molecule has 2 heterocycles. The molecule has 25 heavy (non-hydrogen) atoms. The molecule has 3 rings (SSSR count). The fourth-order valence-electron chi connectivity index (χ4n) is 2.42. The summed E-state index contributed by atoms with van der Waals surface area (Å²) in [6.45, 7) is 4.66. The number of nitrogens with one attached hydrogen (secondary N) is 1. The maximum Gasteiger partial charge on any atom is 0.266 e. The van der Waals surface area contributed by atoms with Gasteiger partial charge in [-0.25, -0.2) is 4.68 Å². The zero-order valence-electron chi connectivity index (χ0n) is 14.2. The summed E-state index contributed by atoms with van der Waals surface area (Å²) in [7, 11) is 0. The van der Waals surface area contributed by atoms with Gasteiger partial charge in [-0.05, 0) is 54.6 Å². The minimum Gasteiger partial charge on any atom is -0.350 e. The van der Waals surface area contributed by atoms with Crippen molar-refractivity contribution >= 4 is 17.2 Å². The van der Waals surface area contributed by atoms with Crippen LogP contribution in [-0.2, 0) is 6.54 Å². The molecule has 0 aliphatic carbocycles. The smallest absolute Gasteiger partial charge is 0.266 e. The van der Waals surface area contributed by atoms with Crippen molar-refractivity contribution in [1.29, 1.82) is 0 Å². The quantitative estimate of drug-likeness (QED) is 0.767. The van der Waals surface area contributed by atoms with Crippen molar-refractivity contribution in [2.75, 3.05) is 6.54 Å². The van der Waals surface area contributed by atoms with Gasteiger partial charge in [0.15, 0.2) is 0 Å². The maximum atomic E-state index is 12.2. The maximum absolute atomic E-state index is 12.2. The first kappa shape index (κ1) is 17.1. The lowest BCUT2D eigenvalue weighted by atomic mass is 10.1. The van der Waals surface area contributed by atoms with Crippen LogP contribution in [0.1, 0.15) is 21.5 Å². The molecule has 3 aromatic rings. The first-order chi connectivity index (χ1) is 12.0. The van der Waals surface area contributed by atoms with E-state index in [1.165, 1.54) is 10.7 Å². The first-order valence-corrected chi connectivity index (χ1v) is 8.90. The number of nitrogens with zero attached hydrogens (tertiary/aromatic N) is 2. The highest BCUT2D eigenvalue weighted by atomic mass is 32.1. The van der Waals surface area contributed by atoms with Crippen LogP contribution in [0.15, 0.2) is 52.6 Å². The normalized spacial score (nSPS) is 10.6. The van der Waals surface area contributed by atoms with Gasteiger partial charge in [-0.3, -0.25) is 9.59 Å². The number of amides is 1. The molecule has 2 aromatic heterocycles. The van der Waals surface area contributed by atoms with Crippen molar-refractivity contribution in [1.82, 2.24) is 15.1 Å². The molecule has 5 nitrogen and oxygen atoms in total. The monoisotopic (exact) mass is 353 g/mol. The second-order valence-electron chi connectivity index (χ2n) is 5.81. The van der Waals surface area contributed by atoms with Crippen LogP contribution in [0.4, 0.5) is 0 Å². The van der Waals surface area contributed by atoms with E-state index >= 15 is 0 Å². The van der Waals surface area contributed by atoms with Crippen LogP contribution in [0.25, 0.3) is 10.6 Å². The van der Waals surface area contributed by atoms with Gasteiger partial charge in [-0.1, -0.05) is 12.1 Å². The Kier molecular flexibility index (Phi) is 5.09. The van der Waals surface area contributed by atoms with Crippen LogP contribution in [0.5, 0.6) is 0 Å². The topological polar surface area (TPSA) is 64.0 Å². The van der Waals surface area contributed by atoms with E-state index < -0.39 is 0 Å². The fourth-order valence-corrected chi connectivity index (χ4v) is 3.12. The number of hydrogen-bond acceptors (Lipinski definition) is 4. The Morgan fingerprint density at radius 2 is 2.00 bits per heavy atom. The molecule has 0 atom stereocenters. The largest absolute Gasteiger partial charge is 0.350 e. The van der Waals surface area contributed by atoms with Crippen LogP contribution in [0.3, 0.4) is 0 Å². The van der Waals surface area contributed by atoms with E-state index in [9.17, 15) is 9.59 Å². The van der Waals surface area contributed by atoms with Crippen molar-refractivity contribution in [3.8, 4) is 10.6 Å². The second-order valence-corrected chi connectivity index (χ2v) is 6.76. The third kappa shape index (κ3) is 4.03. The van der Waals surface area contributed by atoms with Gasteiger partial charge < -0.3 is 5.32 Å². The van der Waals surface area contributed by atoms with Gasteiger partial charge in [0.05, 0.1) is 11.4 Å². The molecular formula is C19H19N3O2S. The molecule has 0 spiro atoms. The summed E-state index contributed by atoms with van der Waals surface area (Å²) in [6, 6.07) is 12.7. The van der Waals surface area contributed by atoms with Gasteiger partial charge >= 0.3 is 0 Å². The van der Waals surface area contributed by atoms with Crippen LogP contribution >= 0.6 is 11.3 Å². The molecule has 128 valence electrons. The third-order valence-electron chi connectivity index (χ3n) is 4.02. The number of hydrogen-bond donors (Lipinski definition) is 1. The number of carbonyl (C=O) groups is 1. The molecule has 6 heteroatoms. The van der Waals surface area contributed by atoms with E-state index in [-0.39, 0.29) is 11.5 Å². The molecule has 1 N–H and O–H groups in total. The van der Waals surface area contributed by atoms with Crippen molar-refractivity contribution in [2.45, 2.75) is 20.4 Å². The zero-order valence-corrected chi connectivity index (χ0v) is 15.0. The Labute approximate surface area is 150 Å². The summed E-state index contributed by atoms with van der Waals surface area (Å²) in [4.78, 5) is 25.2. The summed E-state index contributed by atoms with van der Waals surface area (Å²) in [6.07, 6.45) is 0. The van der Waals surface area contributed by atoms with Gasteiger partial charge in [-0.2, -0.15) is 5.10 Å². The molecule has 1 aromatic carbocycles. The van der Waals surface area contributed by atoms with Gasteiger partial charge in [-0.15, -0.1) is 11.3 Å². The number of aryl methyl sites for hydroxylation is 2. The molecule has 0 radical (unpaired) electrons.